The van der Waals surface area contributed by atoms with Crippen LogP contribution in [0, 0.1) is 0 Å². The van der Waals surface area contributed by atoms with Crippen LogP contribution >= 0.6 is 0 Å². The number of nitrogens with two attached hydrogens (primary N) is 1. The summed E-state index contributed by atoms with van der Waals surface area (Å²) < 4.78 is 0. The van der Waals surface area contributed by atoms with Crippen LogP contribution in [-0.4, -0.2) is 27.3 Å². The van der Waals surface area contributed by atoms with Gasteiger partial charge in [-0.2, -0.15) is 0 Å². The van der Waals surface area contributed by atoms with Crippen LogP contribution in [0.5, 0.6) is 11.5 Å². The molecule has 0 saturated carbocycles. The van der Waals surface area contributed by atoms with Crippen molar-refractivity contribution in [2.24, 2.45) is 5.73 Å². The SMILES string of the molecule is NC(Cc1ccc(O)cc1)C(=O)O.Oc1ccccc1. The summed E-state index contributed by atoms with van der Waals surface area (Å²) >= 11 is 0. The van der Waals surface area contributed by atoms with Crippen LogP contribution in [-0.2, 0) is 11.2 Å². The van der Waals surface area contributed by atoms with Crippen LogP contribution in [0.3, 0.4) is 0 Å². The van der Waals surface area contributed by atoms with Gasteiger partial charge in [-0.15, -0.1) is 0 Å². The predicted octanol–water partition coefficient (Wildman–Crippen LogP) is 1.74. The highest BCUT2D eigenvalue weighted by atomic mass is 16.4. The van der Waals surface area contributed by atoms with Crippen LogP contribution in [0.1, 0.15) is 5.56 Å². The number of rotatable bonds is 3. The van der Waals surface area contributed by atoms with E-state index in [0.29, 0.717) is 5.75 Å². The maximum Gasteiger partial charge on any atom is 0.320 e. The molecule has 0 spiro atoms. The number of phenols is 2. The van der Waals surface area contributed by atoms with E-state index in [1.165, 1.54) is 12.1 Å². The summed E-state index contributed by atoms with van der Waals surface area (Å²) in [6.07, 6.45) is 0.273. The molecule has 0 aromatic heterocycles. The Labute approximate surface area is 116 Å². The molecule has 1 unspecified atom stereocenters. The monoisotopic (exact) mass is 275 g/mol. The molecular formula is C15H17NO4. The molecule has 0 amide bonds. The van der Waals surface area contributed by atoms with Gasteiger partial charge in [-0.05, 0) is 36.2 Å². The van der Waals surface area contributed by atoms with Gasteiger partial charge in [-0.25, -0.2) is 0 Å². The van der Waals surface area contributed by atoms with Gasteiger partial charge in [0.1, 0.15) is 17.5 Å². The van der Waals surface area contributed by atoms with Crippen molar-refractivity contribution in [2.45, 2.75) is 12.5 Å². The lowest BCUT2D eigenvalue weighted by molar-refractivity contribution is -0.138. The second-order valence-electron chi connectivity index (χ2n) is 4.15. The summed E-state index contributed by atoms with van der Waals surface area (Å²) in [6.45, 7) is 0. The van der Waals surface area contributed by atoms with Crippen molar-refractivity contribution < 1.29 is 20.1 Å². The fourth-order valence-electron chi connectivity index (χ4n) is 1.40. The lowest BCUT2D eigenvalue weighted by Gasteiger charge is -2.05. The second-order valence-corrected chi connectivity index (χ2v) is 4.15. The summed E-state index contributed by atoms with van der Waals surface area (Å²) in [4.78, 5) is 10.4. The number of para-hydroxylation sites is 1. The van der Waals surface area contributed by atoms with Gasteiger partial charge in [0.2, 0.25) is 0 Å². The van der Waals surface area contributed by atoms with Gasteiger partial charge in [0.25, 0.3) is 0 Å². The minimum atomic E-state index is -1.02. The molecule has 0 radical (unpaired) electrons. The van der Waals surface area contributed by atoms with Crippen molar-refractivity contribution in [3.63, 3.8) is 0 Å². The normalized spacial score (nSPS) is 11.1. The molecule has 0 heterocycles. The van der Waals surface area contributed by atoms with Gasteiger partial charge in [0.15, 0.2) is 0 Å². The molecule has 20 heavy (non-hydrogen) atoms. The Morgan fingerprint density at radius 3 is 1.85 bits per heavy atom. The molecule has 2 aromatic carbocycles. The smallest absolute Gasteiger partial charge is 0.320 e. The second kappa shape index (κ2) is 7.81. The van der Waals surface area contributed by atoms with E-state index < -0.39 is 12.0 Å². The predicted molar refractivity (Wildman–Crippen MR) is 75.5 cm³/mol. The molecule has 0 fully saturated rings. The van der Waals surface area contributed by atoms with Crippen LogP contribution < -0.4 is 5.73 Å². The molecule has 1 atom stereocenters. The van der Waals surface area contributed by atoms with Gasteiger partial charge >= 0.3 is 5.97 Å². The molecule has 0 aliphatic rings. The van der Waals surface area contributed by atoms with E-state index in [9.17, 15) is 4.79 Å². The molecular weight excluding hydrogens is 258 g/mol. The van der Waals surface area contributed by atoms with Crippen molar-refractivity contribution in [2.75, 3.05) is 0 Å². The summed E-state index contributed by atoms with van der Waals surface area (Å²) in [7, 11) is 0. The van der Waals surface area contributed by atoms with Gasteiger partial charge in [-0.1, -0.05) is 30.3 Å². The topological polar surface area (TPSA) is 104 Å². The molecule has 2 rings (SSSR count). The van der Waals surface area contributed by atoms with E-state index >= 15 is 0 Å². The van der Waals surface area contributed by atoms with E-state index in [1.54, 1.807) is 36.4 Å². The summed E-state index contributed by atoms with van der Waals surface area (Å²) in [6, 6.07) is 14.1. The maximum atomic E-state index is 10.4. The first-order valence-electron chi connectivity index (χ1n) is 5.99. The molecule has 0 aliphatic heterocycles. The first-order chi connectivity index (χ1) is 9.49. The van der Waals surface area contributed by atoms with Crippen molar-refractivity contribution in [3.8, 4) is 11.5 Å². The molecule has 0 saturated heterocycles. The number of phenolic OH excluding ortho intramolecular Hbond substituents is 2. The molecule has 106 valence electrons. The first-order valence-corrected chi connectivity index (χ1v) is 5.99. The lowest BCUT2D eigenvalue weighted by atomic mass is 10.1. The van der Waals surface area contributed by atoms with Crippen LogP contribution in [0.2, 0.25) is 0 Å². The van der Waals surface area contributed by atoms with Gasteiger partial charge in [-0.3, -0.25) is 4.79 Å². The minimum absolute atomic E-state index is 0.160. The minimum Gasteiger partial charge on any atom is -0.508 e. The maximum absolute atomic E-state index is 10.4. The van der Waals surface area contributed by atoms with Crippen molar-refractivity contribution in [3.05, 3.63) is 60.2 Å². The number of aromatic hydroxyl groups is 2. The van der Waals surface area contributed by atoms with E-state index in [2.05, 4.69) is 0 Å². The molecule has 0 bridgehead atoms. The zero-order chi connectivity index (χ0) is 15.0. The highest BCUT2D eigenvalue weighted by molar-refractivity contribution is 5.73. The van der Waals surface area contributed by atoms with Crippen molar-refractivity contribution in [1.29, 1.82) is 0 Å². The Bertz CT molecular complexity index is 525. The molecule has 5 N–H and O–H groups in total. The number of carboxylic acids is 1. The Morgan fingerprint density at radius 1 is 0.950 bits per heavy atom. The Balaban J connectivity index is 0.000000240. The molecule has 2 aromatic rings. The Kier molecular flexibility index (Phi) is 6.06. The van der Waals surface area contributed by atoms with Crippen LogP contribution in [0.4, 0.5) is 0 Å². The number of hydrogen-bond acceptors (Lipinski definition) is 4. The highest BCUT2D eigenvalue weighted by Crippen LogP contribution is 2.10. The average Bonchev–Trinajstić information content (AvgIpc) is 2.43. The highest BCUT2D eigenvalue weighted by Gasteiger charge is 2.11. The number of benzene rings is 2. The largest absolute Gasteiger partial charge is 0.508 e. The summed E-state index contributed by atoms with van der Waals surface area (Å²) in [5.74, 6) is -0.539. The van der Waals surface area contributed by atoms with E-state index in [0.717, 1.165) is 5.56 Å². The average molecular weight is 275 g/mol. The van der Waals surface area contributed by atoms with Gasteiger partial charge < -0.3 is 21.1 Å². The quantitative estimate of drug-likeness (QED) is 0.683. The fourth-order valence-corrected chi connectivity index (χ4v) is 1.40. The van der Waals surface area contributed by atoms with E-state index in [1.807, 2.05) is 6.07 Å². The standard InChI is InChI=1S/C9H11NO3.C6H6O/c10-8(9(12)13)5-6-1-3-7(11)4-2-6;7-6-4-2-1-3-5-6/h1-4,8,11H,5,10H2,(H,12,13);1-5,7H. The number of aliphatic carboxylic acids is 1. The summed E-state index contributed by atoms with van der Waals surface area (Å²) in [5, 5.41) is 26.1. The number of hydrogen-bond donors (Lipinski definition) is 4. The molecule has 0 aliphatic carbocycles. The number of carboxylic acid groups (broad SMARTS) is 1. The van der Waals surface area contributed by atoms with Gasteiger partial charge in [0.05, 0.1) is 0 Å². The number of carbonyl (C=O) groups is 1. The van der Waals surface area contributed by atoms with Crippen LogP contribution in [0.15, 0.2) is 54.6 Å². The zero-order valence-corrected chi connectivity index (χ0v) is 10.8. The third-order valence-corrected chi connectivity index (χ3v) is 2.47. The zero-order valence-electron chi connectivity index (χ0n) is 10.8. The van der Waals surface area contributed by atoms with E-state index in [-0.39, 0.29) is 12.2 Å². The van der Waals surface area contributed by atoms with Crippen LogP contribution in [0.25, 0.3) is 0 Å². The third-order valence-electron chi connectivity index (χ3n) is 2.47. The third kappa shape index (κ3) is 5.88. The summed E-state index contributed by atoms with van der Waals surface area (Å²) in [5.41, 5.74) is 6.12. The van der Waals surface area contributed by atoms with Gasteiger partial charge in [0, 0.05) is 0 Å². The van der Waals surface area contributed by atoms with E-state index in [4.69, 9.17) is 21.1 Å². The Morgan fingerprint density at radius 2 is 1.45 bits per heavy atom. The van der Waals surface area contributed by atoms with Crippen molar-refractivity contribution in [1.82, 2.24) is 0 Å². The fraction of sp³-hybridized carbons (Fsp3) is 0.133. The van der Waals surface area contributed by atoms with Crippen molar-refractivity contribution >= 4 is 5.97 Å². The Hall–Kier alpha value is -2.53. The molecule has 5 heteroatoms. The first kappa shape index (κ1) is 15.5. The molecule has 5 nitrogen and oxygen atoms in total. The lowest BCUT2D eigenvalue weighted by Crippen LogP contribution is -2.32.